The molecule has 3 nitrogen and oxygen atoms in total. The highest BCUT2D eigenvalue weighted by molar-refractivity contribution is 6.33. The summed E-state index contributed by atoms with van der Waals surface area (Å²) in [4.78, 5) is 4.16. The number of halogens is 4. The highest BCUT2D eigenvalue weighted by Crippen LogP contribution is 2.33. The van der Waals surface area contributed by atoms with E-state index in [9.17, 15) is 13.2 Å². The normalized spacial score (nSPS) is 11.7. The third-order valence-corrected chi connectivity index (χ3v) is 3.11. The van der Waals surface area contributed by atoms with Gasteiger partial charge < -0.3 is 9.73 Å². The van der Waals surface area contributed by atoms with Crippen molar-refractivity contribution < 1.29 is 17.6 Å². The summed E-state index contributed by atoms with van der Waals surface area (Å²) >= 11 is 5.82. The van der Waals surface area contributed by atoms with Gasteiger partial charge in [0.1, 0.15) is 5.76 Å². The van der Waals surface area contributed by atoms with E-state index in [1.54, 1.807) is 6.92 Å². The number of rotatable bonds is 3. The molecule has 2 aromatic rings. The molecule has 0 spiro atoms. The van der Waals surface area contributed by atoms with Crippen LogP contribution in [-0.4, -0.2) is 4.98 Å². The zero-order chi connectivity index (χ0) is 14.9. The van der Waals surface area contributed by atoms with Crippen LogP contribution >= 0.6 is 11.6 Å². The van der Waals surface area contributed by atoms with Gasteiger partial charge >= 0.3 is 6.18 Å². The Morgan fingerprint density at radius 3 is 2.50 bits per heavy atom. The molecule has 1 aromatic carbocycles. The van der Waals surface area contributed by atoms with Crippen LogP contribution in [0, 0.1) is 13.8 Å². The molecule has 1 heterocycles. The summed E-state index contributed by atoms with van der Waals surface area (Å²) in [5.41, 5.74) is 0.393. The molecule has 0 bridgehead atoms. The average molecular weight is 305 g/mol. The number of nitrogens with one attached hydrogen (secondary N) is 1. The lowest BCUT2D eigenvalue weighted by Gasteiger charge is -2.10. The molecule has 1 aromatic heterocycles. The molecule has 108 valence electrons. The molecule has 0 unspecified atom stereocenters. The van der Waals surface area contributed by atoms with Crippen molar-refractivity contribution in [3.05, 3.63) is 46.1 Å². The minimum Gasteiger partial charge on any atom is -0.444 e. The standard InChI is InChI=1S/C13H12ClF3N2O/c1-7-8(2)20-12(19-7)6-18-11-4-3-9(5-10(11)14)13(15,16)17/h3-5,18H,6H2,1-2H3. The smallest absolute Gasteiger partial charge is 0.416 e. The Morgan fingerprint density at radius 1 is 1.30 bits per heavy atom. The van der Waals surface area contributed by atoms with Gasteiger partial charge in [-0.05, 0) is 32.0 Å². The van der Waals surface area contributed by atoms with E-state index in [2.05, 4.69) is 10.3 Å². The predicted octanol–water partition coefficient (Wildman–Crippen LogP) is 4.58. The minimum absolute atomic E-state index is 0.000162. The first-order valence-corrected chi connectivity index (χ1v) is 6.18. The van der Waals surface area contributed by atoms with Gasteiger partial charge in [0, 0.05) is 0 Å². The number of oxazole rings is 1. The van der Waals surface area contributed by atoms with Crippen molar-refractivity contribution in [3.63, 3.8) is 0 Å². The van der Waals surface area contributed by atoms with E-state index >= 15 is 0 Å². The average Bonchev–Trinajstić information content (AvgIpc) is 2.66. The van der Waals surface area contributed by atoms with Crippen molar-refractivity contribution in [2.75, 3.05) is 5.32 Å². The van der Waals surface area contributed by atoms with Crippen molar-refractivity contribution >= 4 is 17.3 Å². The Labute approximate surface area is 118 Å². The molecule has 1 N–H and O–H groups in total. The molecule has 0 amide bonds. The van der Waals surface area contributed by atoms with Crippen LogP contribution in [-0.2, 0) is 12.7 Å². The summed E-state index contributed by atoms with van der Waals surface area (Å²) in [5.74, 6) is 1.16. The molecule has 0 radical (unpaired) electrons. The molecule has 20 heavy (non-hydrogen) atoms. The van der Waals surface area contributed by atoms with Gasteiger partial charge in [0.2, 0.25) is 5.89 Å². The number of alkyl halides is 3. The van der Waals surface area contributed by atoms with Crippen molar-refractivity contribution in [1.82, 2.24) is 4.98 Å². The summed E-state index contributed by atoms with van der Waals surface area (Å²) in [7, 11) is 0. The number of hydrogen-bond donors (Lipinski definition) is 1. The second-order valence-electron chi connectivity index (χ2n) is 4.30. The summed E-state index contributed by atoms with van der Waals surface area (Å²) < 4.78 is 42.8. The zero-order valence-corrected chi connectivity index (χ0v) is 11.6. The van der Waals surface area contributed by atoms with Crippen LogP contribution in [0.3, 0.4) is 0 Å². The maximum absolute atomic E-state index is 12.5. The van der Waals surface area contributed by atoms with Crippen LogP contribution in [0.25, 0.3) is 0 Å². The monoisotopic (exact) mass is 304 g/mol. The van der Waals surface area contributed by atoms with Gasteiger partial charge in [-0.1, -0.05) is 11.6 Å². The number of aromatic nitrogens is 1. The summed E-state index contributed by atoms with van der Waals surface area (Å²) in [5, 5.41) is 2.89. The predicted molar refractivity (Wildman–Crippen MR) is 69.8 cm³/mol. The van der Waals surface area contributed by atoms with Crippen LogP contribution in [0.1, 0.15) is 22.9 Å². The van der Waals surface area contributed by atoms with Crippen LogP contribution in [0.4, 0.5) is 18.9 Å². The summed E-state index contributed by atoms with van der Waals surface area (Å²) in [6.07, 6.45) is -4.40. The number of benzene rings is 1. The first kappa shape index (κ1) is 14.7. The molecule has 7 heteroatoms. The highest BCUT2D eigenvalue weighted by Gasteiger charge is 2.30. The van der Waals surface area contributed by atoms with Crippen LogP contribution in [0.2, 0.25) is 5.02 Å². The van der Waals surface area contributed by atoms with Gasteiger partial charge in [-0.2, -0.15) is 13.2 Å². The van der Waals surface area contributed by atoms with Crippen molar-refractivity contribution in [3.8, 4) is 0 Å². The summed E-state index contributed by atoms with van der Waals surface area (Å²) in [6, 6.07) is 3.14. The molecule has 2 rings (SSSR count). The molecule has 0 saturated carbocycles. The Balaban J connectivity index is 2.10. The van der Waals surface area contributed by atoms with E-state index in [1.165, 1.54) is 6.07 Å². The SMILES string of the molecule is Cc1nc(CNc2ccc(C(F)(F)F)cc2Cl)oc1C. The molecular weight excluding hydrogens is 293 g/mol. The number of anilines is 1. The van der Waals surface area contributed by atoms with E-state index < -0.39 is 11.7 Å². The molecule has 0 fully saturated rings. The van der Waals surface area contributed by atoms with Gasteiger partial charge in [0.05, 0.1) is 28.5 Å². The first-order valence-electron chi connectivity index (χ1n) is 5.81. The Kier molecular flexibility index (Phi) is 3.94. The molecule has 0 saturated heterocycles. The fourth-order valence-electron chi connectivity index (χ4n) is 1.62. The van der Waals surface area contributed by atoms with E-state index in [0.29, 0.717) is 17.3 Å². The van der Waals surface area contributed by atoms with E-state index in [-0.39, 0.29) is 11.6 Å². The Morgan fingerprint density at radius 2 is 2.00 bits per heavy atom. The zero-order valence-electron chi connectivity index (χ0n) is 10.8. The van der Waals surface area contributed by atoms with Gasteiger partial charge in [-0.3, -0.25) is 0 Å². The quantitative estimate of drug-likeness (QED) is 0.902. The van der Waals surface area contributed by atoms with Crippen molar-refractivity contribution in [1.29, 1.82) is 0 Å². The van der Waals surface area contributed by atoms with Crippen LogP contribution in [0.5, 0.6) is 0 Å². The van der Waals surface area contributed by atoms with E-state index in [0.717, 1.165) is 17.8 Å². The third kappa shape index (κ3) is 3.25. The Hall–Kier alpha value is -1.69. The summed E-state index contributed by atoms with van der Waals surface area (Å²) in [6.45, 7) is 3.85. The van der Waals surface area contributed by atoms with Crippen molar-refractivity contribution in [2.24, 2.45) is 0 Å². The van der Waals surface area contributed by atoms with Gasteiger partial charge in [-0.25, -0.2) is 4.98 Å². The number of hydrogen-bond acceptors (Lipinski definition) is 3. The fourth-order valence-corrected chi connectivity index (χ4v) is 1.87. The van der Waals surface area contributed by atoms with Gasteiger partial charge in [0.15, 0.2) is 0 Å². The second kappa shape index (κ2) is 5.36. The number of nitrogens with zero attached hydrogens (tertiary/aromatic N) is 1. The highest BCUT2D eigenvalue weighted by atomic mass is 35.5. The third-order valence-electron chi connectivity index (χ3n) is 2.80. The maximum atomic E-state index is 12.5. The molecule has 0 aliphatic heterocycles. The maximum Gasteiger partial charge on any atom is 0.416 e. The van der Waals surface area contributed by atoms with Crippen LogP contribution < -0.4 is 5.32 Å². The Bertz CT molecular complexity index is 603. The topological polar surface area (TPSA) is 38.1 Å². The fraction of sp³-hybridized carbons (Fsp3) is 0.308. The molecule has 0 atom stereocenters. The second-order valence-corrected chi connectivity index (χ2v) is 4.70. The molecule has 0 aliphatic carbocycles. The van der Waals surface area contributed by atoms with Crippen LogP contribution in [0.15, 0.2) is 22.6 Å². The number of aryl methyl sites for hydroxylation is 2. The van der Waals surface area contributed by atoms with Gasteiger partial charge in [-0.15, -0.1) is 0 Å². The van der Waals surface area contributed by atoms with E-state index in [4.69, 9.17) is 16.0 Å². The molecular formula is C13H12ClF3N2O. The first-order chi connectivity index (χ1) is 9.27. The van der Waals surface area contributed by atoms with Crippen molar-refractivity contribution in [2.45, 2.75) is 26.6 Å². The molecule has 0 aliphatic rings. The minimum atomic E-state index is -4.40. The van der Waals surface area contributed by atoms with Gasteiger partial charge in [0.25, 0.3) is 0 Å². The van der Waals surface area contributed by atoms with E-state index in [1.807, 2.05) is 6.92 Å². The lowest BCUT2D eigenvalue weighted by atomic mass is 10.2. The lowest BCUT2D eigenvalue weighted by Crippen LogP contribution is -2.06. The largest absolute Gasteiger partial charge is 0.444 e. The lowest BCUT2D eigenvalue weighted by molar-refractivity contribution is -0.137.